The van der Waals surface area contributed by atoms with Crippen molar-refractivity contribution < 1.29 is 9.18 Å². The quantitative estimate of drug-likeness (QED) is 0.618. The Morgan fingerprint density at radius 1 is 1.23 bits per heavy atom. The van der Waals surface area contributed by atoms with E-state index in [2.05, 4.69) is 17.1 Å². The van der Waals surface area contributed by atoms with Crippen LogP contribution in [0, 0.1) is 23.6 Å². The zero-order chi connectivity index (χ0) is 15.5. The number of hydrogen-bond donors (Lipinski definition) is 0. The van der Waals surface area contributed by atoms with Crippen LogP contribution in [-0.2, 0) is 4.79 Å². The first kappa shape index (κ1) is 15.6. The van der Waals surface area contributed by atoms with Crippen molar-refractivity contribution in [2.45, 2.75) is 24.7 Å². The number of carbonyl (C=O) groups excluding carboxylic acids is 1. The van der Waals surface area contributed by atoms with Crippen molar-refractivity contribution >= 4 is 17.7 Å². The Balaban J connectivity index is 1.51. The molecule has 0 spiro atoms. The Bertz CT molecular complexity index is 541. The van der Waals surface area contributed by atoms with Crippen molar-refractivity contribution in [2.24, 2.45) is 17.8 Å². The average Bonchev–Trinajstić information content (AvgIpc) is 2.97. The first-order valence-corrected chi connectivity index (χ1v) is 8.94. The predicted octanol–water partition coefficient (Wildman–Crippen LogP) is 3.98. The van der Waals surface area contributed by atoms with Crippen molar-refractivity contribution in [3.05, 3.63) is 42.2 Å². The highest BCUT2D eigenvalue weighted by Gasteiger charge is 2.36. The molecule has 2 nitrogen and oxygen atoms in total. The lowest BCUT2D eigenvalue weighted by Crippen LogP contribution is -2.34. The van der Waals surface area contributed by atoms with E-state index in [1.54, 1.807) is 23.9 Å². The summed E-state index contributed by atoms with van der Waals surface area (Å²) >= 11 is 1.62. The number of rotatable bonds is 4. The van der Waals surface area contributed by atoms with Crippen molar-refractivity contribution in [1.29, 1.82) is 0 Å². The summed E-state index contributed by atoms with van der Waals surface area (Å²) in [5.41, 5.74) is 0. The molecular weight excluding hydrogens is 297 g/mol. The first-order chi connectivity index (χ1) is 10.6. The van der Waals surface area contributed by atoms with E-state index in [1.807, 2.05) is 6.92 Å². The second-order valence-corrected chi connectivity index (χ2v) is 7.47. The fourth-order valence-corrected chi connectivity index (χ4v) is 4.24. The van der Waals surface area contributed by atoms with Gasteiger partial charge in [0.2, 0.25) is 5.91 Å². The van der Waals surface area contributed by atoms with Crippen molar-refractivity contribution in [3.8, 4) is 0 Å². The minimum Gasteiger partial charge on any atom is -0.342 e. The van der Waals surface area contributed by atoms with Crippen LogP contribution < -0.4 is 0 Å². The van der Waals surface area contributed by atoms with Crippen molar-refractivity contribution in [1.82, 2.24) is 4.90 Å². The number of halogens is 1. The van der Waals surface area contributed by atoms with Crippen molar-refractivity contribution in [3.63, 3.8) is 0 Å². The molecule has 1 amide bonds. The van der Waals surface area contributed by atoms with Gasteiger partial charge in [-0.25, -0.2) is 4.39 Å². The van der Waals surface area contributed by atoms with Gasteiger partial charge in [0, 0.05) is 29.7 Å². The molecule has 1 saturated heterocycles. The summed E-state index contributed by atoms with van der Waals surface area (Å²) in [5, 5.41) is 0. The minimum absolute atomic E-state index is 0.00293. The highest BCUT2D eigenvalue weighted by Crippen LogP contribution is 2.33. The first-order valence-electron chi connectivity index (χ1n) is 7.95. The average molecular weight is 319 g/mol. The molecule has 22 heavy (non-hydrogen) atoms. The molecular formula is C18H22FNOS. The van der Waals surface area contributed by atoms with Gasteiger partial charge >= 0.3 is 0 Å². The summed E-state index contributed by atoms with van der Waals surface area (Å²) < 4.78 is 12.9. The molecule has 1 aliphatic carbocycles. The molecule has 2 aliphatic rings. The van der Waals surface area contributed by atoms with Crippen molar-refractivity contribution in [2.75, 3.05) is 18.8 Å². The number of thioether (sulfide) groups is 1. The van der Waals surface area contributed by atoms with Gasteiger partial charge in [-0.3, -0.25) is 4.79 Å². The smallest absolute Gasteiger partial charge is 0.226 e. The third kappa shape index (κ3) is 3.54. The maximum absolute atomic E-state index is 12.9. The third-order valence-electron chi connectivity index (χ3n) is 4.67. The molecule has 3 rings (SSSR count). The fraction of sp³-hybridized carbons (Fsp3) is 0.500. The van der Waals surface area contributed by atoms with Crippen LogP contribution in [0.1, 0.15) is 19.8 Å². The van der Waals surface area contributed by atoms with Gasteiger partial charge in [0.15, 0.2) is 0 Å². The zero-order valence-corrected chi connectivity index (χ0v) is 13.7. The highest BCUT2D eigenvalue weighted by molar-refractivity contribution is 7.99. The van der Waals surface area contributed by atoms with E-state index < -0.39 is 0 Å². The summed E-state index contributed by atoms with van der Waals surface area (Å²) in [6, 6.07) is 6.47. The molecule has 0 N–H and O–H groups in total. The molecule has 1 aromatic rings. The molecule has 4 heteroatoms. The number of fused-ring (bicyclic) bond motifs is 1. The van der Waals surface area contributed by atoms with Gasteiger partial charge in [-0.2, -0.15) is 0 Å². The Morgan fingerprint density at radius 2 is 1.82 bits per heavy atom. The summed E-state index contributed by atoms with van der Waals surface area (Å²) in [6.45, 7) is 3.83. The van der Waals surface area contributed by atoms with Gasteiger partial charge in [-0.15, -0.1) is 11.8 Å². The maximum atomic E-state index is 12.9. The van der Waals surface area contributed by atoms with Gasteiger partial charge in [-0.1, -0.05) is 19.1 Å². The van der Waals surface area contributed by atoms with Gasteiger partial charge in [0.25, 0.3) is 0 Å². The van der Waals surface area contributed by atoms with E-state index in [-0.39, 0.29) is 17.6 Å². The summed E-state index contributed by atoms with van der Waals surface area (Å²) in [5.74, 6) is 2.11. The molecule has 0 radical (unpaired) electrons. The number of likely N-dealkylation sites (tertiary alicyclic amines) is 1. The monoisotopic (exact) mass is 319 g/mol. The van der Waals surface area contributed by atoms with Crippen LogP contribution in [0.5, 0.6) is 0 Å². The number of nitrogens with zero attached hydrogens (tertiary/aromatic N) is 1. The number of allylic oxidation sites excluding steroid dienone is 2. The molecule has 3 unspecified atom stereocenters. The molecule has 118 valence electrons. The second kappa shape index (κ2) is 6.86. The van der Waals surface area contributed by atoms with E-state index in [9.17, 15) is 9.18 Å². The van der Waals surface area contributed by atoms with E-state index in [1.165, 1.54) is 12.1 Å². The highest BCUT2D eigenvalue weighted by atomic mass is 32.2. The normalized spacial score (nSPS) is 25.1. The maximum Gasteiger partial charge on any atom is 0.226 e. The molecule has 3 atom stereocenters. The molecule has 1 aliphatic heterocycles. The fourth-order valence-electron chi connectivity index (χ4n) is 3.33. The van der Waals surface area contributed by atoms with Crippen LogP contribution >= 0.6 is 11.8 Å². The van der Waals surface area contributed by atoms with Gasteiger partial charge in [-0.05, 0) is 48.9 Å². The van der Waals surface area contributed by atoms with Gasteiger partial charge in [0.1, 0.15) is 5.82 Å². The van der Waals surface area contributed by atoms with E-state index in [0.717, 1.165) is 36.6 Å². The van der Waals surface area contributed by atoms with Crippen LogP contribution in [-0.4, -0.2) is 29.6 Å². The third-order valence-corrected chi connectivity index (χ3v) is 5.94. The number of amides is 1. The zero-order valence-electron chi connectivity index (χ0n) is 12.9. The molecule has 0 bridgehead atoms. The van der Waals surface area contributed by atoms with Gasteiger partial charge < -0.3 is 4.90 Å². The standard InChI is InChI=1S/C18H22FNOS/c1-13(12-22-17-8-6-16(19)7-9-17)18(21)20-10-14-4-2-3-5-15(14)11-20/h2-3,6-9,13-15H,4-5,10-12H2,1H3. The minimum atomic E-state index is -0.221. The summed E-state index contributed by atoms with van der Waals surface area (Å²) in [7, 11) is 0. The van der Waals surface area contributed by atoms with Crippen LogP contribution in [0.25, 0.3) is 0 Å². The Morgan fingerprint density at radius 3 is 2.41 bits per heavy atom. The molecule has 0 aromatic heterocycles. The van der Waals surface area contributed by atoms with E-state index in [0.29, 0.717) is 11.8 Å². The molecule has 1 fully saturated rings. The molecule has 1 aromatic carbocycles. The Labute approximate surface area is 135 Å². The van der Waals surface area contributed by atoms with Crippen LogP contribution in [0.4, 0.5) is 4.39 Å². The number of benzene rings is 1. The van der Waals surface area contributed by atoms with Gasteiger partial charge in [0.05, 0.1) is 0 Å². The van der Waals surface area contributed by atoms with Crippen LogP contribution in [0.3, 0.4) is 0 Å². The predicted molar refractivity (Wildman–Crippen MR) is 88.2 cm³/mol. The Kier molecular flexibility index (Phi) is 4.87. The number of carbonyl (C=O) groups is 1. The summed E-state index contributed by atoms with van der Waals surface area (Å²) in [4.78, 5) is 15.7. The number of hydrogen-bond acceptors (Lipinski definition) is 2. The largest absolute Gasteiger partial charge is 0.342 e. The Hall–Kier alpha value is -1.29. The van der Waals surface area contributed by atoms with Crippen LogP contribution in [0.2, 0.25) is 0 Å². The lowest BCUT2D eigenvalue weighted by Gasteiger charge is -2.20. The molecule has 0 saturated carbocycles. The van der Waals surface area contributed by atoms with E-state index in [4.69, 9.17) is 0 Å². The topological polar surface area (TPSA) is 20.3 Å². The lowest BCUT2D eigenvalue weighted by molar-refractivity contribution is -0.133. The van der Waals surface area contributed by atoms with Crippen LogP contribution in [0.15, 0.2) is 41.3 Å². The second-order valence-electron chi connectivity index (χ2n) is 6.37. The lowest BCUT2D eigenvalue weighted by atomic mass is 9.86. The van der Waals surface area contributed by atoms with E-state index >= 15 is 0 Å². The SMILES string of the molecule is CC(CSc1ccc(F)cc1)C(=O)N1CC2CC=CCC2C1. The molecule has 1 heterocycles. The summed E-state index contributed by atoms with van der Waals surface area (Å²) in [6.07, 6.45) is 6.74.